The average molecular weight is 310 g/mol. The third-order valence-corrected chi connectivity index (χ3v) is 3.99. The zero-order valence-electron chi connectivity index (χ0n) is 12.4. The first-order valence-corrected chi connectivity index (χ1v) is 8.14. The van der Waals surface area contributed by atoms with Crippen molar-refractivity contribution in [2.24, 2.45) is 0 Å². The second kappa shape index (κ2) is 8.90. The predicted molar refractivity (Wildman–Crippen MR) is 88.0 cm³/mol. The van der Waals surface area contributed by atoms with Crippen LogP contribution in [0.1, 0.15) is 32.1 Å². The molecule has 116 valence electrons. The van der Waals surface area contributed by atoms with Crippen molar-refractivity contribution in [3.63, 3.8) is 0 Å². The van der Waals surface area contributed by atoms with Crippen molar-refractivity contribution in [2.75, 3.05) is 31.5 Å². The van der Waals surface area contributed by atoms with E-state index in [1.165, 1.54) is 32.4 Å². The number of benzene rings is 1. The minimum atomic E-state index is -0.157. The van der Waals surface area contributed by atoms with Gasteiger partial charge in [-0.1, -0.05) is 18.0 Å². The second-order valence-electron chi connectivity index (χ2n) is 5.50. The van der Waals surface area contributed by atoms with Gasteiger partial charge < -0.3 is 15.5 Å². The number of unbranched alkanes of at least 4 members (excludes halogenated alkanes) is 1. The number of hydrogen-bond acceptors (Lipinski definition) is 2. The number of rotatable bonds is 6. The lowest BCUT2D eigenvalue weighted by Gasteiger charge is -2.26. The van der Waals surface area contributed by atoms with Gasteiger partial charge in [-0.25, -0.2) is 4.79 Å². The lowest BCUT2D eigenvalue weighted by molar-refractivity contribution is 0.224. The molecule has 1 aliphatic rings. The third-order valence-electron chi connectivity index (χ3n) is 3.74. The third kappa shape index (κ3) is 6.36. The molecule has 1 heterocycles. The number of nitrogens with zero attached hydrogens (tertiary/aromatic N) is 1. The molecule has 0 saturated carbocycles. The lowest BCUT2D eigenvalue weighted by Crippen LogP contribution is -2.32. The van der Waals surface area contributed by atoms with Crippen molar-refractivity contribution in [3.8, 4) is 0 Å². The number of halogens is 1. The molecule has 4 nitrogen and oxygen atoms in total. The van der Waals surface area contributed by atoms with Gasteiger partial charge >= 0.3 is 6.03 Å². The van der Waals surface area contributed by atoms with Gasteiger partial charge in [-0.15, -0.1) is 0 Å². The number of anilines is 1. The molecule has 2 rings (SSSR count). The molecular weight excluding hydrogens is 286 g/mol. The van der Waals surface area contributed by atoms with E-state index in [0.717, 1.165) is 25.1 Å². The number of carbonyl (C=O) groups is 1. The summed E-state index contributed by atoms with van der Waals surface area (Å²) < 4.78 is 0. The molecule has 1 saturated heterocycles. The highest BCUT2D eigenvalue weighted by atomic mass is 35.5. The van der Waals surface area contributed by atoms with Crippen molar-refractivity contribution in [1.29, 1.82) is 0 Å². The molecular formula is C16H24ClN3O. The topological polar surface area (TPSA) is 44.4 Å². The van der Waals surface area contributed by atoms with Crippen LogP contribution in [0, 0.1) is 0 Å². The Balaban J connectivity index is 1.53. The molecule has 0 unspecified atom stereocenters. The van der Waals surface area contributed by atoms with Gasteiger partial charge in [-0.05, 0) is 69.6 Å². The molecule has 2 amide bonds. The standard InChI is InChI=1S/C16H24ClN3O/c17-14-6-8-15(9-7-14)19-16(21)18-10-2-5-13-20-11-3-1-4-12-20/h6-9H,1-5,10-13H2,(H2,18,19,21). The molecule has 0 aliphatic carbocycles. The molecule has 0 bridgehead atoms. The van der Waals surface area contributed by atoms with E-state index in [-0.39, 0.29) is 6.03 Å². The Morgan fingerprint density at radius 2 is 1.81 bits per heavy atom. The highest BCUT2D eigenvalue weighted by Gasteiger charge is 2.08. The van der Waals surface area contributed by atoms with Gasteiger partial charge in [0.1, 0.15) is 0 Å². The molecule has 0 atom stereocenters. The minimum absolute atomic E-state index is 0.157. The Morgan fingerprint density at radius 1 is 1.10 bits per heavy atom. The van der Waals surface area contributed by atoms with Crippen LogP contribution in [-0.4, -0.2) is 37.1 Å². The Bertz CT molecular complexity index is 430. The first-order chi connectivity index (χ1) is 10.2. The summed E-state index contributed by atoms with van der Waals surface area (Å²) in [6.45, 7) is 4.35. The van der Waals surface area contributed by atoms with E-state index in [2.05, 4.69) is 15.5 Å². The lowest BCUT2D eigenvalue weighted by atomic mass is 10.1. The van der Waals surface area contributed by atoms with Crippen LogP contribution in [0.4, 0.5) is 10.5 Å². The number of nitrogens with one attached hydrogen (secondary N) is 2. The van der Waals surface area contributed by atoms with Gasteiger partial charge in [-0.3, -0.25) is 0 Å². The molecule has 1 fully saturated rings. The summed E-state index contributed by atoms with van der Waals surface area (Å²) in [6, 6.07) is 6.94. The first-order valence-electron chi connectivity index (χ1n) is 7.77. The number of likely N-dealkylation sites (tertiary alicyclic amines) is 1. The van der Waals surface area contributed by atoms with Crippen molar-refractivity contribution >= 4 is 23.3 Å². The summed E-state index contributed by atoms with van der Waals surface area (Å²) in [5.74, 6) is 0. The summed E-state index contributed by atoms with van der Waals surface area (Å²) >= 11 is 5.80. The summed E-state index contributed by atoms with van der Waals surface area (Å²) in [6.07, 6.45) is 6.21. The summed E-state index contributed by atoms with van der Waals surface area (Å²) in [7, 11) is 0. The molecule has 0 radical (unpaired) electrons. The molecule has 1 aromatic carbocycles. The van der Waals surface area contributed by atoms with E-state index in [9.17, 15) is 4.79 Å². The van der Waals surface area contributed by atoms with E-state index in [0.29, 0.717) is 11.6 Å². The Morgan fingerprint density at radius 3 is 2.52 bits per heavy atom. The van der Waals surface area contributed by atoms with Gasteiger partial charge in [0.2, 0.25) is 0 Å². The molecule has 21 heavy (non-hydrogen) atoms. The summed E-state index contributed by atoms with van der Waals surface area (Å²) in [4.78, 5) is 14.2. The van der Waals surface area contributed by atoms with Crippen molar-refractivity contribution < 1.29 is 4.79 Å². The fourth-order valence-electron chi connectivity index (χ4n) is 2.55. The smallest absolute Gasteiger partial charge is 0.319 e. The Labute approximate surface area is 131 Å². The predicted octanol–water partition coefficient (Wildman–Crippen LogP) is 3.73. The molecule has 5 heteroatoms. The van der Waals surface area contributed by atoms with Gasteiger partial charge in [-0.2, -0.15) is 0 Å². The maximum Gasteiger partial charge on any atom is 0.319 e. The van der Waals surface area contributed by atoms with E-state index >= 15 is 0 Å². The van der Waals surface area contributed by atoms with Crippen LogP contribution < -0.4 is 10.6 Å². The SMILES string of the molecule is O=C(NCCCCN1CCCCC1)Nc1ccc(Cl)cc1. The van der Waals surface area contributed by atoms with Crippen LogP contribution in [-0.2, 0) is 0 Å². The van der Waals surface area contributed by atoms with Crippen LogP contribution in [0.25, 0.3) is 0 Å². The number of carbonyl (C=O) groups excluding carboxylic acids is 1. The van der Waals surface area contributed by atoms with Crippen LogP contribution in [0.15, 0.2) is 24.3 Å². The number of amides is 2. The van der Waals surface area contributed by atoms with E-state index < -0.39 is 0 Å². The number of urea groups is 1. The van der Waals surface area contributed by atoms with E-state index in [1.54, 1.807) is 24.3 Å². The van der Waals surface area contributed by atoms with Gasteiger partial charge in [0.15, 0.2) is 0 Å². The number of hydrogen-bond donors (Lipinski definition) is 2. The van der Waals surface area contributed by atoms with E-state index in [1.807, 2.05) is 0 Å². The fourth-order valence-corrected chi connectivity index (χ4v) is 2.68. The minimum Gasteiger partial charge on any atom is -0.338 e. The fraction of sp³-hybridized carbons (Fsp3) is 0.562. The van der Waals surface area contributed by atoms with Crippen molar-refractivity contribution in [1.82, 2.24) is 10.2 Å². The van der Waals surface area contributed by atoms with Crippen LogP contribution in [0.5, 0.6) is 0 Å². The highest BCUT2D eigenvalue weighted by Crippen LogP contribution is 2.13. The first kappa shape index (κ1) is 16.1. The highest BCUT2D eigenvalue weighted by molar-refractivity contribution is 6.30. The van der Waals surface area contributed by atoms with Crippen molar-refractivity contribution in [3.05, 3.63) is 29.3 Å². The van der Waals surface area contributed by atoms with Gasteiger partial charge in [0.25, 0.3) is 0 Å². The zero-order valence-corrected chi connectivity index (χ0v) is 13.2. The second-order valence-corrected chi connectivity index (χ2v) is 5.93. The molecule has 1 aromatic rings. The van der Waals surface area contributed by atoms with Gasteiger partial charge in [0, 0.05) is 17.3 Å². The molecule has 0 aromatic heterocycles. The molecule has 2 N–H and O–H groups in total. The quantitative estimate of drug-likeness (QED) is 0.786. The summed E-state index contributed by atoms with van der Waals surface area (Å²) in [5, 5.41) is 6.34. The molecule has 1 aliphatic heterocycles. The van der Waals surface area contributed by atoms with E-state index in [4.69, 9.17) is 11.6 Å². The average Bonchev–Trinajstić information content (AvgIpc) is 2.50. The van der Waals surface area contributed by atoms with Crippen molar-refractivity contribution in [2.45, 2.75) is 32.1 Å². The van der Waals surface area contributed by atoms with Crippen LogP contribution >= 0.6 is 11.6 Å². The Hall–Kier alpha value is -1.26. The normalized spacial score (nSPS) is 15.7. The zero-order chi connectivity index (χ0) is 14.9. The maximum atomic E-state index is 11.7. The maximum absolute atomic E-state index is 11.7. The van der Waals surface area contributed by atoms with Crippen LogP contribution in [0.3, 0.4) is 0 Å². The summed E-state index contributed by atoms with van der Waals surface area (Å²) in [5.41, 5.74) is 0.755. The monoisotopic (exact) mass is 309 g/mol. The largest absolute Gasteiger partial charge is 0.338 e. The molecule has 0 spiro atoms. The van der Waals surface area contributed by atoms with Crippen LogP contribution in [0.2, 0.25) is 5.02 Å². The number of piperidine rings is 1. The van der Waals surface area contributed by atoms with Gasteiger partial charge in [0.05, 0.1) is 0 Å². The Kier molecular flexibility index (Phi) is 6.83.